The van der Waals surface area contributed by atoms with Crippen molar-refractivity contribution in [3.63, 3.8) is 0 Å². The Bertz CT molecular complexity index is 586. The molecule has 1 aromatic rings. The molecule has 1 heterocycles. The third kappa shape index (κ3) is 3.23. The van der Waals surface area contributed by atoms with Crippen molar-refractivity contribution < 1.29 is 19.1 Å². The van der Waals surface area contributed by atoms with Crippen molar-refractivity contribution in [3.05, 3.63) is 27.7 Å². The van der Waals surface area contributed by atoms with Crippen molar-refractivity contribution in [1.82, 2.24) is 9.80 Å². The Labute approximate surface area is 138 Å². The minimum absolute atomic E-state index is 0.239. The maximum absolute atomic E-state index is 12.7. The third-order valence-electron chi connectivity index (χ3n) is 3.48. The van der Waals surface area contributed by atoms with Crippen molar-refractivity contribution in [3.8, 4) is 5.75 Å². The SMILES string of the molecule is COC(=O)N1CCN(C(=O)c2c(Cl)ccc(Cl)c2OC)CC1. The first kappa shape index (κ1) is 16.7. The minimum Gasteiger partial charge on any atom is -0.494 e. The fourth-order valence-electron chi connectivity index (χ4n) is 2.31. The van der Waals surface area contributed by atoms with E-state index in [4.69, 9.17) is 27.9 Å². The molecule has 0 spiro atoms. The molecule has 0 saturated carbocycles. The van der Waals surface area contributed by atoms with Gasteiger partial charge in [-0.15, -0.1) is 0 Å². The molecule has 1 aliphatic heterocycles. The molecule has 8 heteroatoms. The quantitative estimate of drug-likeness (QED) is 0.825. The summed E-state index contributed by atoms with van der Waals surface area (Å²) >= 11 is 12.2. The largest absolute Gasteiger partial charge is 0.494 e. The van der Waals surface area contributed by atoms with Gasteiger partial charge in [-0.2, -0.15) is 0 Å². The molecular formula is C14H16Cl2N2O4. The van der Waals surface area contributed by atoms with Crippen molar-refractivity contribution in [2.24, 2.45) is 0 Å². The van der Waals surface area contributed by atoms with Gasteiger partial charge in [-0.05, 0) is 12.1 Å². The van der Waals surface area contributed by atoms with Gasteiger partial charge in [0.25, 0.3) is 5.91 Å². The molecule has 0 aromatic heterocycles. The summed E-state index contributed by atoms with van der Waals surface area (Å²) < 4.78 is 9.86. The van der Waals surface area contributed by atoms with Crippen LogP contribution in [-0.4, -0.2) is 62.2 Å². The van der Waals surface area contributed by atoms with E-state index >= 15 is 0 Å². The number of hydrogen-bond acceptors (Lipinski definition) is 4. The zero-order valence-electron chi connectivity index (χ0n) is 12.3. The van der Waals surface area contributed by atoms with Crippen LogP contribution >= 0.6 is 23.2 Å². The van der Waals surface area contributed by atoms with Crippen LogP contribution in [0.4, 0.5) is 4.79 Å². The average Bonchev–Trinajstić information content (AvgIpc) is 2.55. The maximum Gasteiger partial charge on any atom is 0.409 e. The molecule has 120 valence electrons. The molecule has 2 rings (SSSR count). The van der Waals surface area contributed by atoms with Crippen LogP contribution in [0.1, 0.15) is 10.4 Å². The number of piperazine rings is 1. The molecule has 1 aromatic carbocycles. The summed E-state index contributed by atoms with van der Waals surface area (Å²) in [7, 11) is 2.76. The van der Waals surface area contributed by atoms with Gasteiger partial charge in [-0.3, -0.25) is 4.79 Å². The molecule has 6 nitrogen and oxygen atoms in total. The Morgan fingerprint density at radius 3 is 2.09 bits per heavy atom. The second-order valence-corrected chi connectivity index (χ2v) is 5.50. The Morgan fingerprint density at radius 1 is 1.00 bits per heavy atom. The van der Waals surface area contributed by atoms with E-state index in [1.165, 1.54) is 14.2 Å². The summed E-state index contributed by atoms with van der Waals surface area (Å²) in [6.45, 7) is 1.58. The summed E-state index contributed by atoms with van der Waals surface area (Å²) in [6.07, 6.45) is -0.398. The maximum atomic E-state index is 12.7. The van der Waals surface area contributed by atoms with Crippen LogP contribution < -0.4 is 4.74 Å². The summed E-state index contributed by atoms with van der Waals surface area (Å²) in [4.78, 5) is 27.3. The van der Waals surface area contributed by atoms with Gasteiger partial charge in [0.1, 0.15) is 5.56 Å². The number of nitrogens with zero attached hydrogens (tertiary/aromatic N) is 2. The number of benzene rings is 1. The molecule has 1 saturated heterocycles. The van der Waals surface area contributed by atoms with Gasteiger partial charge < -0.3 is 19.3 Å². The zero-order chi connectivity index (χ0) is 16.3. The van der Waals surface area contributed by atoms with Crippen LogP contribution in [-0.2, 0) is 4.74 Å². The summed E-state index contributed by atoms with van der Waals surface area (Å²) in [5.41, 5.74) is 0.239. The number of methoxy groups -OCH3 is 2. The van der Waals surface area contributed by atoms with Crippen molar-refractivity contribution in [2.45, 2.75) is 0 Å². The minimum atomic E-state index is -0.398. The summed E-state index contributed by atoms with van der Waals surface area (Å²) in [5.74, 6) is -0.0107. The van der Waals surface area contributed by atoms with Crippen LogP contribution in [0.25, 0.3) is 0 Å². The van der Waals surface area contributed by atoms with Gasteiger partial charge in [-0.1, -0.05) is 23.2 Å². The first-order valence-corrected chi connectivity index (χ1v) is 7.39. The lowest BCUT2D eigenvalue weighted by Gasteiger charge is -2.34. The van der Waals surface area contributed by atoms with Gasteiger partial charge in [0.05, 0.1) is 24.3 Å². The lowest BCUT2D eigenvalue weighted by atomic mass is 10.1. The van der Waals surface area contributed by atoms with Crippen molar-refractivity contribution in [2.75, 3.05) is 40.4 Å². The highest BCUT2D eigenvalue weighted by Crippen LogP contribution is 2.34. The topological polar surface area (TPSA) is 59.1 Å². The van der Waals surface area contributed by atoms with E-state index in [0.717, 1.165) is 0 Å². The average molecular weight is 347 g/mol. The Balaban J connectivity index is 2.17. The van der Waals surface area contributed by atoms with Crippen molar-refractivity contribution in [1.29, 1.82) is 0 Å². The fraction of sp³-hybridized carbons (Fsp3) is 0.429. The number of rotatable bonds is 2. The molecule has 0 bridgehead atoms. The van der Waals surface area contributed by atoms with Crippen LogP contribution in [0.3, 0.4) is 0 Å². The smallest absolute Gasteiger partial charge is 0.409 e. The lowest BCUT2D eigenvalue weighted by Crippen LogP contribution is -2.50. The highest BCUT2D eigenvalue weighted by atomic mass is 35.5. The van der Waals surface area contributed by atoms with E-state index < -0.39 is 6.09 Å². The van der Waals surface area contributed by atoms with Crippen LogP contribution in [0.15, 0.2) is 12.1 Å². The molecule has 2 amide bonds. The summed E-state index contributed by atoms with van der Waals surface area (Å²) in [6, 6.07) is 3.14. The number of carbonyl (C=O) groups excluding carboxylic acids is 2. The van der Waals surface area contributed by atoms with E-state index in [1.54, 1.807) is 21.9 Å². The van der Waals surface area contributed by atoms with E-state index in [-0.39, 0.29) is 22.2 Å². The van der Waals surface area contributed by atoms with E-state index in [9.17, 15) is 9.59 Å². The fourth-order valence-corrected chi connectivity index (χ4v) is 2.78. The molecule has 0 atom stereocenters. The van der Waals surface area contributed by atoms with Gasteiger partial charge >= 0.3 is 6.09 Å². The molecular weight excluding hydrogens is 331 g/mol. The predicted molar refractivity (Wildman–Crippen MR) is 82.9 cm³/mol. The number of ether oxygens (including phenoxy) is 2. The van der Waals surface area contributed by atoms with Crippen molar-refractivity contribution >= 4 is 35.2 Å². The number of halogens is 2. The van der Waals surface area contributed by atoms with Gasteiger partial charge in [-0.25, -0.2) is 4.79 Å². The highest BCUT2D eigenvalue weighted by Gasteiger charge is 2.29. The van der Waals surface area contributed by atoms with E-state index in [0.29, 0.717) is 31.2 Å². The van der Waals surface area contributed by atoms with Gasteiger partial charge in [0, 0.05) is 26.2 Å². The molecule has 0 aliphatic carbocycles. The Morgan fingerprint density at radius 2 is 1.55 bits per heavy atom. The molecule has 0 unspecified atom stereocenters. The van der Waals surface area contributed by atoms with Crippen LogP contribution in [0.5, 0.6) is 5.75 Å². The monoisotopic (exact) mass is 346 g/mol. The number of amides is 2. The third-order valence-corrected chi connectivity index (χ3v) is 4.09. The standard InChI is InChI=1S/C14H16Cl2N2O4/c1-21-12-10(16)4-3-9(15)11(12)13(19)17-5-7-18(8-6-17)14(20)22-2/h3-4H,5-8H2,1-2H3. The molecule has 0 radical (unpaired) electrons. The zero-order valence-corrected chi connectivity index (χ0v) is 13.8. The first-order chi connectivity index (χ1) is 10.5. The number of carbonyl (C=O) groups is 2. The second-order valence-electron chi connectivity index (χ2n) is 4.69. The predicted octanol–water partition coefficient (Wildman–Crippen LogP) is 2.53. The first-order valence-electron chi connectivity index (χ1n) is 6.63. The molecule has 0 N–H and O–H groups in total. The van der Waals surface area contributed by atoms with Crippen LogP contribution in [0.2, 0.25) is 10.0 Å². The Kier molecular flexibility index (Phi) is 5.37. The van der Waals surface area contributed by atoms with Crippen LogP contribution in [0, 0.1) is 0 Å². The highest BCUT2D eigenvalue weighted by molar-refractivity contribution is 6.37. The molecule has 22 heavy (non-hydrogen) atoms. The summed E-state index contributed by atoms with van der Waals surface area (Å²) in [5, 5.41) is 0.602. The Hall–Kier alpha value is -1.66. The van der Waals surface area contributed by atoms with E-state index in [2.05, 4.69) is 4.74 Å². The molecule has 1 aliphatic rings. The second kappa shape index (κ2) is 7.07. The van der Waals surface area contributed by atoms with E-state index in [1.807, 2.05) is 0 Å². The normalized spacial score (nSPS) is 14.7. The molecule has 1 fully saturated rings. The van der Waals surface area contributed by atoms with Gasteiger partial charge in [0.2, 0.25) is 0 Å². The number of hydrogen-bond donors (Lipinski definition) is 0. The lowest BCUT2D eigenvalue weighted by molar-refractivity contribution is 0.0597. The van der Waals surface area contributed by atoms with Gasteiger partial charge in [0.15, 0.2) is 5.75 Å².